The molecule has 1 aromatic carbocycles. The topological polar surface area (TPSA) is 97.8 Å². The summed E-state index contributed by atoms with van der Waals surface area (Å²) in [5.74, 6) is -0.235. The van der Waals surface area contributed by atoms with E-state index in [9.17, 15) is 10.5 Å². The van der Waals surface area contributed by atoms with E-state index in [0.29, 0.717) is 23.8 Å². The smallest absolute Gasteiger partial charge is 0.240 e. The van der Waals surface area contributed by atoms with Gasteiger partial charge in [0.1, 0.15) is 0 Å². The number of nitrogens with zero attached hydrogens (tertiary/aromatic N) is 4. The van der Waals surface area contributed by atoms with E-state index in [4.69, 9.17) is 4.74 Å². The summed E-state index contributed by atoms with van der Waals surface area (Å²) in [6.45, 7) is 6.27. The predicted octanol–water partition coefficient (Wildman–Crippen LogP) is 3.85. The van der Waals surface area contributed by atoms with Gasteiger partial charge in [0.15, 0.2) is 0 Å². The zero-order valence-corrected chi connectivity index (χ0v) is 14.5. The van der Waals surface area contributed by atoms with Crippen LogP contribution in [0.3, 0.4) is 0 Å². The van der Waals surface area contributed by atoms with Gasteiger partial charge >= 0.3 is 0 Å². The summed E-state index contributed by atoms with van der Waals surface area (Å²) in [6.07, 6.45) is 0.892. The average molecular weight is 333 g/mol. The van der Waals surface area contributed by atoms with Gasteiger partial charge in [-0.05, 0) is 38.0 Å². The van der Waals surface area contributed by atoms with Gasteiger partial charge in [0.05, 0.1) is 46.8 Å². The zero-order valence-electron chi connectivity index (χ0n) is 14.5. The molecule has 6 nitrogen and oxygen atoms in total. The summed E-state index contributed by atoms with van der Waals surface area (Å²) in [6, 6.07) is 10.4. The molecular formula is C19H19N5O. The van der Waals surface area contributed by atoms with Crippen molar-refractivity contribution in [2.75, 3.05) is 6.61 Å². The van der Waals surface area contributed by atoms with Crippen molar-refractivity contribution in [3.8, 4) is 18.0 Å². The van der Waals surface area contributed by atoms with Crippen molar-refractivity contribution in [1.29, 1.82) is 10.5 Å². The maximum absolute atomic E-state index is 9.63. The molecule has 0 bridgehead atoms. The molecule has 0 fully saturated rings. The monoisotopic (exact) mass is 333 g/mol. The number of benzene rings is 1. The van der Waals surface area contributed by atoms with Crippen LogP contribution in [-0.4, -0.2) is 22.5 Å². The molecule has 2 unspecified atom stereocenters. The molecule has 2 aromatic rings. The maximum Gasteiger partial charge on any atom is 0.240 e. The molecule has 0 amide bonds. The molecule has 0 saturated heterocycles. The highest BCUT2D eigenvalue weighted by Gasteiger charge is 2.34. The van der Waals surface area contributed by atoms with E-state index >= 15 is 0 Å². The minimum atomic E-state index is -0.456. The molecule has 0 aliphatic carbocycles. The second kappa shape index (κ2) is 6.78. The molecule has 0 spiro atoms. The van der Waals surface area contributed by atoms with Crippen LogP contribution < -0.4 is 4.74 Å². The first-order valence-corrected chi connectivity index (χ1v) is 8.27. The number of hydrogen-bond acceptors (Lipinski definition) is 5. The largest absolute Gasteiger partial charge is 0.476 e. The molecule has 0 radical (unpaired) electrons. The second-order valence-corrected chi connectivity index (χ2v) is 6.13. The number of aromatic nitrogens is 2. The summed E-state index contributed by atoms with van der Waals surface area (Å²) >= 11 is 0. The van der Waals surface area contributed by atoms with Gasteiger partial charge in [-0.25, -0.2) is 0 Å². The van der Waals surface area contributed by atoms with Gasteiger partial charge in [-0.3, -0.25) is 10.1 Å². The number of hydrogen-bond donors (Lipinski definition) is 1. The molecule has 2 heterocycles. The fraction of sp³-hybridized carbons (Fsp3) is 0.368. The van der Waals surface area contributed by atoms with Crippen LogP contribution in [0.15, 0.2) is 34.5 Å². The number of nitrogens with one attached hydrogen (secondary N) is 1. The zero-order chi connectivity index (χ0) is 18.0. The van der Waals surface area contributed by atoms with Gasteiger partial charge in [0.25, 0.3) is 0 Å². The molecule has 1 aromatic heterocycles. The van der Waals surface area contributed by atoms with Crippen LogP contribution in [0, 0.1) is 28.6 Å². The van der Waals surface area contributed by atoms with E-state index in [2.05, 4.69) is 27.3 Å². The number of allylic oxidation sites excluding steroid dienone is 2. The summed E-state index contributed by atoms with van der Waals surface area (Å²) in [7, 11) is 0. The van der Waals surface area contributed by atoms with Crippen LogP contribution in [0.25, 0.3) is 10.9 Å². The predicted molar refractivity (Wildman–Crippen MR) is 95.1 cm³/mol. The van der Waals surface area contributed by atoms with Crippen molar-refractivity contribution in [1.82, 2.24) is 10.2 Å². The Kier molecular flexibility index (Phi) is 4.54. The van der Waals surface area contributed by atoms with E-state index in [-0.39, 0.29) is 5.92 Å². The number of rotatable bonds is 4. The molecular weight excluding hydrogens is 314 g/mol. The molecule has 2 atom stereocenters. The lowest BCUT2D eigenvalue weighted by atomic mass is 9.77. The van der Waals surface area contributed by atoms with E-state index in [1.807, 2.05) is 39.0 Å². The van der Waals surface area contributed by atoms with Gasteiger partial charge in [-0.1, -0.05) is 13.0 Å². The van der Waals surface area contributed by atoms with Gasteiger partial charge in [0, 0.05) is 11.6 Å². The Labute approximate surface area is 146 Å². The van der Waals surface area contributed by atoms with Crippen LogP contribution in [0.1, 0.15) is 38.7 Å². The van der Waals surface area contributed by atoms with Gasteiger partial charge in [-0.2, -0.15) is 10.5 Å². The molecule has 0 saturated carbocycles. The Balaban J connectivity index is 2.12. The Morgan fingerprint density at radius 3 is 2.76 bits per heavy atom. The minimum absolute atomic E-state index is 0.328. The van der Waals surface area contributed by atoms with E-state index < -0.39 is 5.92 Å². The molecule has 1 aliphatic rings. The van der Waals surface area contributed by atoms with Crippen molar-refractivity contribution in [3.05, 3.63) is 35.0 Å². The molecule has 126 valence electrons. The first-order valence-electron chi connectivity index (χ1n) is 8.27. The summed E-state index contributed by atoms with van der Waals surface area (Å²) in [4.78, 5) is 4.38. The fourth-order valence-electron chi connectivity index (χ4n) is 3.21. The quantitative estimate of drug-likeness (QED) is 0.918. The highest BCUT2D eigenvalue weighted by atomic mass is 16.5. The van der Waals surface area contributed by atoms with Crippen LogP contribution in [0.5, 0.6) is 5.88 Å². The second-order valence-electron chi connectivity index (χ2n) is 6.13. The van der Waals surface area contributed by atoms with Crippen LogP contribution in [0.4, 0.5) is 0 Å². The van der Waals surface area contributed by atoms with E-state index in [1.54, 1.807) is 0 Å². The van der Waals surface area contributed by atoms with Crippen LogP contribution >= 0.6 is 0 Å². The number of H-pyrrole nitrogens is 1. The third-order valence-corrected chi connectivity index (χ3v) is 4.44. The molecule has 6 heteroatoms. The molecule has 1 aliphatic heterocycles. The first-order chi connectivity index (χ1) is 12.1. The summed E-state index contributed by atoms with van der Waals surface area (Å²) in [5, 5.41) is 27.3. The number of fused-ring (bicyclic) bond motifs is 1. The van der Waals surface area contributed by atoms with Crippen LogP contribution in [0.2, 0.25) is 0 Å². The Morgan fingerprint density at radius 1 is 1.28 bits per heavy atom. The van der Waals surface area contributed by atoms with Crippen molar-refractivity contribution in [2.45, 2.75) is 33.1 Å². The van der Waals surface area contributed by atoms with E-state index in [1.165, 1.54) is 0 Å². The number of ether oxygens (including phenoxy) is 1. The fourth-order valence-corrected chi connectivity index (χ4v) is 3.21. The third-order valence-electron chi connectivity index (χ3n) is 4.44. The first kappa shape index (κ1) is 16.7. The Hall–Kier alpha value is -3.12. The van der Waals surface area contributed by atoms with E-state index in [0.717, 1.165) is 28.6 Å². The molecule has 1 N–H and O–H groups in total. The standard InChI is InChI=1S/C19H19N5O/c1-4-7-25-19-14-8-13(5-6-17(14)23-24-19)18-15(9-20)11(2)22-12(3)16(18)10-21/h5-6,8,15,18H,4,7H2,1-3H3,(H,23,24). The minimum Gasteiger partial charge on any atom is -0.476 e. The van der Waals surface area contributed by atoms with Crippen molar-refractivity contribution >= 4 is 16.6 Å². The Morgan fingerprint density at radius 2 is 2.08 bits per heavy atom. The maximum atomic E-state index is 9.63. The summed E-state index contributed by atoms with van der Waals surface area (Å²) < 4.78 is 5.69. The number of aliphatic imine (C=N–C) groups is 1. The van der Waals surface area contributed by atoms with Crippen LogP contribution in [-0.2, 0) is 0 Å². The average Bonchev–Trinajstić information content (AvgIpc) is 3.01. The SMILES string of the molecule is CCCOc1n[nH]c2ccc(C3C(C#N)=C(C)N=C(C)C3C#N)cc12. The Bertz CT molecular complexity index is 954. The van der Waals surface area contributed by atoms with Gasteiger partial charge in [0.2, 0.25) is 5.88 Å². The van der Waals surface area contributed by atoms with Crippen molar-refractivity contribution in [3.63, 3.8) is 0 Å². The highest BCUT2D eigenvalue weighted by Crippen LogP contribution is 2.39. The van der Waals surface area contributed by atoms with Crippen molar-refractivity contribution < 1.29 is 4.74 Å². The lowest BCUT2D eigenvalue weighted by Gasteiger charge is -2.26. The highest BCUT2D eigenvalue weighted by molar-refractivity contribution is 5.91. The van der Waals surface area contributed by atoms with Gasteiger partial charge in [-0.15, -0.1) is 5.10 Å². The normalized spacial score (nSPS) is 20.1. The lowest BCUT2D eigenvalue weighted by molar-refractivity contribution is 0.308. The molecule has 25 heavy (non-hydrogen) atoms. The lowest BCUT2D eigenvalue weighted by Crippen LogP contribution is -2.24. The number of nitriles is 2. The van der Waals surface area contributed by atoms with Gasteiger partial charge < -0.3 is 4.74 Å². The number of aromatic amines is 1. The molecule has 3 rings (SSSR count). The summed E-state index contributed by atoms with van der Waals surface area (Å²) in [5.41, 5.74) is 3.71. The van der Waals surface area contributed by atoms with Crippen molar-refractivity contribution in [2.24, 2.45) is 10.9 Å². The third kappa shape index (κ3) is 2.88.